The average Bonchev–Trinajstić information content (AvgIpc) is 2.67. The minimum Gasteiger partial charge on any atom is -0.390 e. The molecule has 0 unspecified atom stereocenters. The lowest BCUT2D eigenvalue weighted by molar-refractivity contribution is -0.0462. The Morgan fingerprint density at radius 2 is 2.43 bits per heavy atom. The number of aliphatic hydroxyl groups is 1. The molecule has 0 radical (unpaired) electrons. The number of hydrogen-bond acceptors (Lipinski definition) is 5. The first-order valence-corrected chi connectivity index (χ1v) is 4.43. The highest BCUT2D eigenvalue weighted by Gasteiger charge is 2.28. The number of hydrogen-bond donors (Lipinski definition) is 2. The van der Waals surface area contributed by atoms with Gasteiger partial charge >= 0.3 is 0 Å². The van der Waals surface area contributed by atoms with Crippen LogP contribution in [0, 0.1) is 0 Å². The van der Waals surface area contributed by atoms with E-state index >= 15 is 0 Å². The van der Waals surface area contributed by atoms with E-state index in [0.29, 0.717) is 0 Å². The number of nitrogens with one attached hydrogen (secondary N) is 1. The molecule has 2 N–H and O–H groups in total. The number of nitrogens with zero attached hydrogens (tertiary/aromatic N) is 2. The summed E-state index contributed by atoms with van der Waals surface area (Å²) in [5.41, 5.74) is -0.0104. The van der Waals surface area contributed by atoms with Crippen LogP contribution in [0.25, 0.3) is 0 Å². The lowest BCUT2D eigenvalue weighted by Crippen LogP contribution is -2.39. The first-order chi connectivity index (χ1) is 6.55. The maximum Gasteiger partial charge on any atom is 0.287 e. The van der Waals surface area contributed by atoms with Gasteiger partial charge in [-0.1, -0.05) is 4.49 Å². The highest BCUT2D eigenvalue weighted by molar-refractivity contribution is 7.03. The molecule has 1 heterocycles. The van der Waals surface area contributed by atoms with Crippen molar-refractivity contribution >= 4 is 17.4 Å². The highest BCUT2D eigenvalue weighted by atomic mass is 32.1. The van der Waals surface area contributed by atoms with Crippen molar-refractivity contribution in [1.82, 2.24) is 14.9 Å². The molecule has 0 spiro atoms. The van der Waals surface area contributed by atoms with Gasteiger partial charge in [-0.3, -0.25) is 4.79 Å². The lowest BCUT2D eigenvalue weighted by atomic mass is 10.3. The van der Waals surface area contributed by atoms with Crippen molar-refractivity contribution < 1.29 is 18.7 Å². The van der Waals surface area contributed by atoms with Gasteiger partial charge in [-0.05, 0) is 11.5 Å². The average molecular weight is 223 g/mol. The van der Waals surface area contributed by atoms with Crippen molar-refractivity contribution in [2.75, 3.05) is 13.2 Å². The summed E-state index contributed by atoms with van der Waals surface area (Å²) in [5.74, 6) is -4.04. The van der Waals surface area contributed by atoms with Gasteiger partial charge in [0.25, 0.3) is 11.8 Å². The van der Waals surface area contributed by atoms with Gasteiger partial charge in [-0.2, -0.15) is 0 Å². The van der Waals surface area contributed by atoms with Gasteiger partial charge in [0.15, 0.2) is 5.69 Å². The molecule has 5 nitrogen and oxygen atoms in total. The van der Waals surface area contributed by atoms with Gasteiger partial charge in [0, 0.05) is 5.38 Å². The van der Waals surface area contributed by atoms with E-state index in [4.69, 9.17) is 5.11 Å². The second kappa shape index (κ2) is 4.38. The zero-order chi connectivity index (χ0) is 10.6. The third kappa shape index (κ3) is 2.96. The molecule has 0 aliphatic heterocycles. The van der Waals surface area contributed by atoms with Crippen LogP contribution in [0.4, 0.5) is 8.78 Å². The Morgan fingerprint density at radius 1 is 1.71 bits per heavy atom. The fourth-order valence-corrected chi connectivity index (χ4v) is 1.06. The van der Waals surface area contributed by atoms with Crippen LogP contribution >= 0.6 is 11.5 Å². The Labute approximate surface area is 81.9 Å². The number of rotatable bonds is 4. The predicted molar refractivity (Wildman–Crippen MR) is 44.3 cm³/mol. The number of alkyl halides is 2. The van der Waals surface area contributed by atoms with Crippen LogP contribution in [-0.2, 0) is 0 Å². The molecule has 0 saturated carbocycles. The molecule has 14 heavy (non-hydrogen) atoms. The first kappa shape index (κ1) is 10.9. The third-order valence-corrected chi connectivity index (χ3v) is 1.84. The number of halogens is 2. The maximum absolute atomic E-state index is 12.5. The quantitative estimate of drug-likeness (QED) is 0.747. The van der Waals surface area contributed by atoms with Crippen LogP contribution in [0.3, 0.4) is 0 Å². The van der Waals surface area contributed by atoms with Crippen LogP contribution in [0.5, 0.6) is 0 Å². The molecule has 78 valence electrons. The molecule has 1 rings (SSSR count). The van der Waals surface area contributed by atoms with Crippen molar-refractivity contribution in [3.8, 4) is 0 Å². The molecule has 0 aliphatic rings. The fraction of sp³-hybridized carbons (Fsp3) is 0.500. The van der Waals surface area contributed by atoms with E-state index < -0.39 is 25.0 Å². The van der Waals surface area contributed by atoms with Crippen molar-refractivity contribution in [2.24, 2.45) is 0 Å². The molecule has 1 amide bonds. The highest BCUT2D eigenvalue weighted by Crippen LogP contribution is 2.10. The summed E-state index contributed by atoms with van der Waals surface area (Å²) in [6, 6.07) is 0. The Hall–Kier alpha value is -1.15. The SMILES string of the molecule is O=C(NCC(F)(F)CO)c1csnn1. The second-order valence-electron chi connectivity index (χ2n) is 2.49. The molecule has 8 heteroatoms. The smallest absolute Gasteiger partial charge is 0.287 e. The summed E-state index contributed by atoms with van der Waals surface area (Å²) >= 11 is 0.948. The number of amides is 1. The van der Waals surface area contributed by atoms with Crippen LogP contribution in [0.2, 0.25) is 0 Å². The van der Waals surface area contributed by atoms with E-state index in [1.165, 1.54) is 5.38 Å². The molecule has 0 aromatic carbocycles. The van der Waals surface area contributed by atoms with Crippen LogP contribution < -0.4 is 5.32 Å². The molecular formula is C6H7F2N3O2S. The Bertz CT molecular complexity index is 304. The van der Waals surface area contributed by atoms with Crippen molar-refractivity contribution in [3.05, 3.63) is 11.1 Å². The number of carbonyl (C=O) groups is 1. The van der Waals surface area contributed by atoms with Crippen molar-refractivity contribution in [2.45, 2.75) is 5.92 Å². The van der Waals surface area contributed by atoms with Crippen molar-refractivity contribution in [3.63, 3.8) is 0 Å². The van der Waals surface area contributed by atoms with Gasteiger partial charge in [0.1, 0.15) is 6.61 Å². The number of aromatic nitrogens is 2. The fourth-order valence-electron chi connectivity index (χ4n) is 0.620. The number of carbonyl (C=O) groups excluding carboxylic acids is 1. The molecule has 0 aliphatic carbocycles. The van der Waals surface area contributed by atoms with E-state index in [1.54, 1.807) is 0 Å². The van der Waals surface area contributed by atoms with Crippen LogP contribution in [-0.4, -0.2) is 39.7 Å². The van der Waals surface area contributed by atoms with Crippen molar-refractivity contribution in [1.29, 1.82) is 0 Å². The third-order valence-electron chi connectivity index (χ3n) is 1.33. The van der Waals surface area contributed by atoms with Crippen LogP contribution in [0.15, 0.2) is 5.38 Å². The summed E-state index contributed by atoms with van der Waals surface area (Å²) in [4.78, 5) is 11.0. The Morgan fingerprint density at radius 3 is 2.93 bits per heavy atom. The molecule has 0 fully saturated rings. The standard InChI is InChI=1S/C6H7F2N3O2S/c7-6(8,3-12)2-9-5(13)4-1-14-11-10-4/h1,12H,2-3H2,(H,9,13). The Balaban J connectivity index is 2.43. The summed E-state index contributed by atoms with van der Waals surface area (Å²) in [7, 11) is 0. The first-order valence-electron chi connectivity index (χ1n) is 3.59. The molecule has 1 aromatic heterocycles. The largest absolute Gasteiger partial charge is 0.390 e. The van der Waals surface area contributed by atoms with Gasteiger partial charge < -0.3 is 10.4 Å². The minimum atomic E-state index is -3.31. The van der Waals surface area contributed by atoms with Gasteiger partial charge in [-0.15, -0.1) is 5.10 Å². The lowest BCUT2D eigenvalue weighted by Gasteiger charge is -2.12. The van der Waals surface area contributed by atoms with E-state index in [9.17, 15) is 13.6 Å². The molecule has 0 atom stereocenters. The predicted octanol–water partition coefficient (Wildman–Crippen LogP) is -0.105. The van der Waals surface area contributed by atoms with E-state index in [2.05, 4.69) is 9.59 Å². The van der Waals surface area contributed by atoms with Gasteiger partial charge in [0.2, 0.25) is 0 Å². The van der Waals surface area contributed by atoms with E-state index in [1.807, 2.05) is 5.32 Å². The molecule has 1 aromatic rings. The second-order valence-corrected chi connectivity index (χ2v) is 3.10. The zero-order valence-corrected chi connectivity index (χ0v) is 7.72. The summed E-state index contributed by atoms with van der Waals surface area (Å²) in [5, 5.41) is 14.9. The van der Waals surface area contributed by atoms with E-state index in [0.717, 1.165) is 11.5 Å². The van der Waals surface area contributed by atoms with Crippen LogP contribution in [0.1, 0.15) is 10.5 Å². The summed E-state index contributed by atoms with van der Waals surface area (Å²) in [6.45, 7) is -2.22. The monoisotopic (exact) mass is 223 g/mol. The summed E-state index contributed by atoms with van der Waals surface area (Å²) < 4.78 is 28.3. The molecule has 0 bridgehead atoms. The molecule has 0 saturated heterocycles. The molecular weight excluding hydrogens is 216 g/mol. The zero-order valence-electron chi connectivity index (χ0n) is 6.91. The summed E-state index contributed by atoms with van der Waals surface area (Å²) in [6.07, 6.45) is 0. The van der Waals surface area contributed by atoms with Gasteiger partial charge in [0.05, 0.1) is 6.54 Å². The van der Waals surface area contributed by atoms with Gasteiger partial charge in [-0.25, -0.2) is 8.78 Å². The topological polar surface area (TPSA) is 75.1 Å². The number of aliphatic hydroxyl groups excluding tert-OH is 1. The Kier molecular flexibility index (Phi) is 3.42. The minimum absolute atomic E-state index is 0.0104. The maximum atomic E-state index is 12.5. The normalized spacial score (nSPS) is 11.4. The van der Waals surface area contributed by atoms with E-state index in [-0.39, 0.29) is 5.69 Å².